The quantitative estimate of drug-likeness (QED) is 0.749. The third-order valence-electron chi connectivity index (χ3n) is 4.51. The molecule has 4 rings (SSSR count). The van der Waals surface area contributed by atoms with Crippen molar-refractivity contribution in [2.45, 2.75) is 13.0 Å². The topological polar surface area (TPSA) is 69.0 Å². The first kappa shape index (κ1) is 17.2. The van der Waals surface area contributed by atoms with Gasteiger partial charge in [-0.3, -0.25) is 4.79 Å². The fourth-order valence-electron chi connectivity index (χ4n) is 3.12. The number of anilines is 2. The number of nitriles is 1. The van der Waals surface area contributed by atoms with E-state index in [0.29, 0.717) is 5.69 Å². The minimum Gasteiger partial charge on any atom is -0.352 e. The van der Waals surface area contributed by atoms with Crippen molar-refractivity contribution in [2.75, 3.05) is 16.8 Å². The molecule has 5 nitrogen and oxygen atoms in total. The molecule has 0 saturated carbocycles. The molecule has 1 aliphatic heterocycles. The van der Waals surface area contributed by atoms with Crippen molar-refractivity contribution >= 4 is 28.7 Å². The molecule has 134 valence electrons. The zero-order valence-electron chi connectivity index (χ0n) is 14.3. The molecule has 2 aromatic heterocycles. The Morgan fingerprint density at radius 1 is 1.30 bits per heavy atom. The minimum atomic E-state index is -0.712. The number of benzene rings is 1. The zero-order valence-corrected chi connectivity index (χ0v) is 15.1. The normalized spacial score (nSPS) is 13.0. The summed E-state index contributed by atoms with van der Waals surface area (Å²) >= 11 is 1.79. The number of halogens is 1. The van der Waals surface area contributed by atoms with Gasteiger partial charge in [0.05, 0.1) is 17.4 Å². The van der Waals surface area contributed by atoms with E-state index in [0.717, 1.165) is 31.4 Å². The number of aromatic nitrogens is 1. The summed E-state index contributed by atoms with van der Waals surface area (Å²) in [5.41, 5.74) is 1.56. The van der Waals surface area contributed by atoms with Crippen molar-refractivity contribution in [3.05, 3.63) is 75.4 Å². The molecule has 0 fully saturated rings. The Morgan fingerprint density at radius 3 is 2.96 bits per heavy atom. The SMILES string of the molecule is N#Cc1c(F)cccc1C(=O)Nc1ccc(N2CCc3sccc3C2)nc1. The van der Waals surface area contributed by atoms with Crippen LogP contribution < -0.4 is 10.2 Å². The molecular formula is C20H15FN4OS. The number of hydrogen-bond acceptors (Lipinski definition) is 5. The molecule has 7 heteroatoms. The summed E-state index contributed by atoms with van der Waals surface area (Å²) < 4.78 is 13.7. The van der Waals surface area contributed by atoms with Gasteiger partial charge in [-0.2, -0.15) is 5.26 Å². The van der Waals surface area contributed by atoms with Crippen LogP contribution in [0, 0.1) is 17.1 Å². The molecule has 0 aliphatic carbocycles. The second-order valence-electron chi connectivity index (χ2n) is 6.17. The van der Waals surface area contributed by atoms with Crippen molar-refractivity contribution < 1.29 is 9.18 Å². The maximum Gasteiger partial charge on any atom is 0.257 e. The maximum atomic E-state index is 13.7. The van der Waals surface area contributed by atoms with Crippen LogP contribution >= 0.6 is 11.3 Å². The highest BCUT2D eigenvalue weighted by molar-refractivity contribution is 7.10. The first-order chi connectivity index (χ1) is 13.2. The highest BCUT2D eigenvalue weighted by Gasteiger charge is 2.19. The minimum absolute atomic E-state index is 0.00240. The van der Waals surface area contributed by atoms with Gasteiger partial charge in [0.25, 0.3) is 5.91 Å². The van der Waals surface area contributed by atoms with Crippen molar-refractivity contribution in [2.24, 2.45) is 0 Å². The predicted molar refractivity (Wildman–Crippen MR) is 102 cm³/mol. The molecule has 0 atom stereocenters. The van der Waals surface area contributed by atoms with E-state index in [2.05, 4.69) is 26.6 Å². The van der Waals surface area contributed by atoms with Crippen LogP contribution in [0.5, 0.6) is 0 Å². The third-order valence-corrected chi connectivity index (χ3v) is 5.53. The average molecular weight is 378 g/mol. The number of hydrogen-bond donors (Lipinski definition) is 1. The fraction of sp³-hybridized carbons (Fsp3) is 0.150. The molecule has 0 unspecified atom stereocenters. The molecule has 3 aromatic rings. The Labute approximate surface area is 159 Å². The lowest BCUT2D eigenvalue weighted by Gasteiger charge is -2.28. The number of fused-ring (bicyclic) bond motifs is 1. The van der Waals surface area contributed by atoms with Crippen molar-refractivity contribution in [3.63, 3.8) is 0 Å². The monoisotopic (exact) mass is 378 g/mol. The smallest absolute Gasteiger partial charge is 0.257 e. The number of amides is 1. The second-order valence-corrected chi connectivity index (χ2v) is 7.17. The largest absolute Gasteiger partial charge is 0.352 e. The Balaban J connectivity index is 1.48. The van der Waals surface area contributed by atoms with Crippen molar-refractivity contribution in [3.8, 4) is 6.07 Å². The number of nitrogens with zero attached hydrogens (tertiary/aromatic N) is 3. The van der Waals surface area contributed by atoms with Crippen LogP contribution in [0.15, 0.2) is 48.0 Å². The van der Waals surface area contributed by atoms with Gasteiger partial charge in [0.1, 0.15) is 23.3 Å². The molecule has 1 aromatic carbocycles. The lowest BCUT2D eigenvalue weighted by Crippen LogP contribution is -2.30. The number of nitrogens with one attached hydrogen (secondary N) is 1. The molecule has 1 N–H and O–H groups in total. The fourth-order valence-corrected chi connectivity index (χ4v) is 4.01. The van der Waals surface area contributed by atoms with Gasteiger partial charge in [-0.05, 0) is 47.7 Å². The van der Waals surface area contributed by atoms with E-state index >= 15 is 0 Å². The Kier molecular flexibility index (Phi) is 4.57. The van der Waals surface area contributed by atoms with E-state index in [9.17, 15) is 9.18 Å². The number of carbonyl (C=O) groups is 1. The van der Waals surface area contributed by atoms with Gasteiger partial charge in [0.2, 0.25) is 0 Å². The standard InChI is InChI=1S/C20H15FN4OS/c21-17-3-1-2-15(16(17)10-22)20(26)24-14-4-5-19(23-11-14)25-8-6-18-13(12-25)7-9-27-18/h1-5,7,9,11H,6,8,12H2,(H,24,26). The van der Waals surface area contributed by atoms with Crippen LogP contribution in [0.25, 0.3) is 0 Å². The Hall–Kier alpha value is -3.24. The molecule has 27 heavy (non-hydrogen) atoms. The number of carbonyl (C=O) groups excluding carboxylic acids is 1. The van der Waals surface area contributed by atoms with Gasteiger partial charge in [-0.15, -0.1) is 11.3 Å². The highest BCUT2D eigenvalue weighted by Crippen LogP contribution is 2.27. The molecule has 3 heterocycles. The molecule has 0 bridgehead atoms. The molecule has 0 radical (unpaired) electrons. The average Bonchev–Trinajstić information content (AvgIpc) is 3.16. The Bertz CT molecular complexity index is 1040. The van der Waals surface area contributed by atoms with E-state index in [1.54, 1.807) is 29.7 Å². The van der Waals surface area contributed by atoms with E-state index in [1.807, 2.05) is 6.07 Å². The molecule has 1 aliphatic rings. The number of thiophene rings is 1. The van der Waals surface area contributed by atoms with Crippen LogP contribution in [0.4, 0.5) is 15.9 Å². The van der Waals surface area contributed by atoms with Gasteiger partial charge in [-0.1, -0.05) is 6.07 Å². The van der Waals surface area contributed by atoms with Gasteiger partial charge in [-0.25, -0.2) is 9.37 Å². The van der Waals surface area contributed by atoms with Gasteiger partial charge in [0.15, 0.2) is 0 Å². The zero-order chi connectivity index (χ0) is 18.8. The van der Waals surface area contributed by atoms with Crippen LogP contribution in [-0.4, -0.2) is 17.4 Å². The third kappa shape index (κ3) is 3.39. The van der Waals surface area contributed by atoms with E-state index < -0.39 is 11.7 Å². The van der Waals surface area contributed by atoms with Crippen LogP contribution in [-0.2, 0) is 13.0 Å². The predicted octanol–water partition coefficient (Wildman–Crippen LogP) is 3.97. The van der Waals surface area contributed by atoms with E-state index in [1.165, 1.54) is 22.6 Å². The van der Waals surface area contributed by atoms with Crippen molar-refractivity contribution in [1.29, 1.82) is 5.26 Å². The first-order valence-corrected chi connectivity index (χ1v) is 9.30. The summed E-state index contributed by atoms with van der Waals surface area (Å²) in [5.74, 6) is -0.411. The second kappa shape index (κ2) is 7.17. The maximum absolute atomic E-state index is 13.7. The van der Waals surface area contributed by atoms with Gasteiger partial charge < -0.3 is 10.2 Å². The summed E-state index contributed by atoms with van der Waals surface area (Å²) in [5, 5.41) is 13.8. The lowest BCUT2D eigenvalue weighted by atomic mass is 10.1. The van der Waals surface area contributed by atoms with E-state index in [-0.39, 0.29) is 11.1 Å². The summed E-state index contributed by atoms with van der Waals surface area (Å²) in [7, 11) is 0. The molecule has 0 spiro atoms. The lowest BCUT2D eigenvalue weighted by molar-refractivity contribution is 0.102. The van der Waals surface area contributed by atoms with Crippen LogP contribution in [0.1, 0.15) is 26.4 Å². The highest BCUT2D eigenvalue weighted by atomic mass is 32.1. The molecule has 0 saturated heterocycles. The van der Waals surface area contributed by atoms with Crippen LogP contribution in [0.2, 0.25) is 0 Å². The van der Waals surface area contributed by atoms with Crippen LogP contribution in [0.3, 0.4) is 0 Å². The Morgan fingerprint density at radius 2 is 2.19 bits per heavy atom. The van der Waals surface area contributed by atoms with Gasteiger partial charge >= 0.3 is 0 Å². The molecular weight excluding hydrogens is 363 g/mol. The summed E-state index contributed by atoms with van der Waals surface area (Å²) in [6.07, 6.45) is 2.57. The summed E-state index contributed by atoms with van der Waals surface area (Å²) in [6.45, 7) is 1.73. The van der Waals surface area contributed by atoms with Gasteiger partial charge in [0, 0.05) is 18.0 Å². The van der Waals surface area contributed by atoms with E-state index in [4.69, 9.17) is 5.26 Å². The number of pyridine rings is 1. The number of rotatable bonds is 3. The summed E-state index contributed by atoms with van der Waals surface area (Å²) in [4.78, 5) is 20.4. The van der Waals surface area contributed by atoms with Crippen molar-refractivity contribution in [1.82, 2.24) is 4.98 Å². The first-order valence-electron chi connectivity index (χ1n) is 8.42. The molecule has 1 amide bonds. The summed E-state index contributed by atoms with van der Waals surface area (Å²) in [6, 6.07) is 11.5.